The van der Waals surface area contributed by atoms with Crippen LogP contribution in [0.15, 0.2) is 12.1 Å². The Bertz CT molecular complexity index is 351. The highest BCUT2D eigenvalue weighted by molar-refractivity contribution is 5.52. The van der Waals surface area contributed by atoms with Crippen molar-refractivity contribution in [1.29, 1.82) is 0 Å². The Morgan fingerprint density at radius 2 is 1.88 bits per heavy atom. The molecule has 0 aliphatic rings. The van der Waals surface area contributed by atoms with Crippen molar-refractivity contribution in [2.45, 2.75) is 20.4 Å². The van der Waals surface area contributed by atoms with Crippen LogP contribution >= 0.6 is 0 Å². The maximum atomic E-state index is 10.4. The molecule has 0 radical (unpaired) electrons. The topological polar surface area (TPSA) is 29.5 Å². The molecule has 0 unspecified atom stereocenters. The third-order valence-electron chi connectivity index (χ3n) is 2.56. The summed E-state index contributed by atoms with van der Waals surface area (Å²) in [5, 5.41) is 0. The maximum Gasteiger partial charge on any atom is 0.133 e. The SMILES string of the molecule is COc1c(C)cc(CN(C)CC=O)cc1C. The molecule has 0 saturated carbocycles. The summed E-state index contributed by atoms with van der Waals surface area (Å²) in [6.07, 6.45) is 0.920. The molecule has 0 aliphatic carbocycles. The molecule has 0 N–H and O–H groups in total. The zero-order valence-corrected chi connectivity index (χ0v) is 10.4. The zero-order chi connectivity index (χ0) is 12.1. The first-order chi connectivity index (χ1) is 7.58. The molecule has 0 atom stereocenters. The number of methoxy groups -OCH3 is 1. The largest absolute Gasteiger partial charge is 0.496 e. The lowest BCUT2D eigenvalue weighted by Gasteiger charge is -2.16. The number of benzene rings is 1. The van der Waals surface area contributed by atoms with E-state index < -0.39 is 0 Å². The number of carbonyl (C=O) groups is 1. The van der Waals surface area contributed by atoms with Gasteiger partial charge in [-0.25, -0.2) is 0 Å². The third-order valence-corrected chi connectivity index (χ3v) is 2.56. The molecular formula is C13H19NO2. The first-order valence-corrected chi connectivity index (χ1v) is 5.34. The Labute approximate surface area is 97.0 Å². The number of likely N-dealkylation sites (N-methyl/N-ethyl adjacent to an activating group) is 1. The summed E-state index contributed by atoms with van der Waals surface area (Å²) in [5.74, 6) is 0.946. The molecule has 0 spiro atoms. The molecule has 0 saturated heterocycles. The molecule has 0 fully saturated rings. The Morgan fingerprint density at radius 3 is 2.31 bits per heavy atom. The fourth-order valence-corrected chi connectivity index (χ4v) is 1.96. The van der Waals surface area contributed by atoms with Crippen molar-refractivity contribution in [2.75, 3.05) is 20.7 Å². The summed E-state index contributed by atoms with van der Waals surface area (Å²) in [6, 6.07) is 4.21. The van der Waals surface area contributed by atoms with Crippen molar-refractivity contribution in [3.05, 3.63) is 28.8 Å². The van der Waals surface area contributed by atoms with Gasteiger partial charge in [-0.15, -0.1) is 0 Å². The highest BCUT2D eigenvalue weighted by Gasteiger charge is 2.06. The van der Waals surface area contributed by atoms with Crippen LogP contribution in [0.4, 0.5) is 0 Å². The van der Waals surface area contributed by atoms with Gasteiger partial charge in [0.05, 0.1) is 13.7 Å². The molecule has 0 aliphatic heterocycles. The number of carbonyl (C=O) groups excluding carboxylic acids is 1. The van der Waals surface area contributed by atoms with E-state index in [0.29, 0.717) is 6.54 Å². The van der Waals surface area contributed by atoms with Gasteiger partial charge in [-0.1, -0.05) is 12.1 Å². The lowest BCUT2D eigenvalue weighted by atomic mass is 10.1. The molecule has 0 bridgehead atoms. The predicted molar refractivity (Wildman–Crippen MR) is 64.9 cm³/mol. The number of hydrogen-bond acceptors (Lipinski definition) is 3. The van der Waals surface area contributed by atoms with Crippen LogP contribution in [0.3, 0.4) is 0 Å². The van der Waals surface area contributed by atoms with Crippen molar-refractivity contribution >= 4 is 6.29 Å². The van der Waals surface area contributed by atoms with Crippen LogP contribution in [0.25, 0.3) is 0 Å². The van der Waals surface area contributed by atoms with E-state index in [-0.39, 0.29) is 0 Å². The van der Waals surface area contributed by atoms with Gasteiger partial charge in [0.1, 0.15) is 12.0 Å². The molecule has 0 heterocycles. The molecule has 16 heavy (non-hydrogen) atoms. The van der Waals surface area contributed by atoms with Gasteiger partial charge < -0.3 is 9.53 Å². The fourth-order valence-electron chi connectivity index (χ4n) is 1.96. The molecule has 3 heteroatoms. The predicted octanol–water partition coefficient (Wildman–Crippen LogP) is 1.94. The molecule has 0 aromatic heterocycles. The van der Waals surface area contributed by atoms with E-state index in [4.69, 9.17) is 4.74 Å². The van der Waals surface area contributed by atoms with Crippen LogP contribution in [-0.4, -0.2) is 31.9 Å². The van der Waals surface area contributed by atoms with Crippen molar-refractivity contribution in [3.63, 3.8) is 0 Å². The van der Waals surface area contributed by atoms with Crippen molar-refractivity contribution in [1.82, 2.24) is 4.90 Å². The monoisotopic (exact) mass is 221 g/mol. The Morgan fingerprint density at radius 1 is 1.31 bits per heavy atom. The second kappa shape index (κ2) is 5.66. The normalized spacial score (nSPS) is 10.6. The average Bonchev–Trinajstić information content (AvgIpc) is 2.17. The molecule has 88 valence electrons. The molecule has 1 aromatic carbocycles. The van der Waals surface area contributed by atoms with Gasteiger partial charge >= 0.3 is 0 Å². The molecular weight excluding hydrogens is 202 g/mol. The lowest BCUT2D eigenvalue weighted by molar-refractivity contribution is -0.108. The number of ether oxygens (including phenoxy) is 1. The number of nitrogens with zero attached hydrogens (tertiary/aromatic N) is 1. The smallest absolute Gasteiger partial charge is 0.133 e. The number of aryl methyl sites for hydroxylation is 2. The summed E-state index contributed by atoms with van der Waals surface area (Å²) in [5.41, 5.74) is 3.48. The van der Waals surface area contributed by atoms with Crippen LogP contribution in [0.1, 0.15) is 16.7 Å². The van der Waals surface area contributed by atoms with Gasteiger partial charge in [0.25, 0.3) is 0 Å². The third kappa shape index (κ3) is 3.07. The van der Waals surface area contributed by atoms with E-state index in [2.05, 4.69) is 12.1 Å². The van der Waals surface area contributed by atoms with Crippen LogP contribution < -0.4 is 4.74 Å². The van der Waals surface area contributed by atoms with Crippen LogP contribution in [0, 0.1) is 13.8 Å². The lowest BCUT2D eigenvalue weighted by Crippen LogP contribution is -2.20. The van der Waals surface area contributed by atoms with Crippen LogP contribution in [0.2, 0.25) is 0 Å². The Kier molecular flexibility index (Phi) is 4.50. The van der Waals surface area contributed by atoms with Crippen molar-refractivity contribution < 1.29 is 9.53 Å². The van der Waals surface area contributed by atoms with E-state index in [1.165, 1.54) is 5.56 Å². The van der Waals surface area contributed by atoms with E-state index in [9.17, 15) is 4.79 Å². The van der Waals surface area contributed by atoms with Gasteiger partial charge in [0.15, 0.2) is 0 Å². The van der Waals surface area contributed by atoms with Gasteiger partial charge in [-0.2, -0.15) is 0 Å². The number of hydrogen-bond donors (Lipinski definition) is 0. The highest BCUT2D eigenvalue weighted by atomic mass is 16.5. The van der Waals surface area contributed by atoms with Gasteiger partial charge in [0.2, 0.25) is 0 Å². The first-order valence-electron chi connectivity index (χ1n) is 5.34. The Balaban J connectivity index is 2.87. The minimum Gasteiger partial charge on any atom is -0.496 e. The van der Waals surface area contributed by atoms with E-state index in [0.717, 1.165) is 29.7 Å². The second-order valence-electron chi connectivity index (χ2n) is 4.13. The first kappa shape index (κ1) is 12.7. The van der Waals surface area contributed by atoms with Crippen LogP contribution in [-0.2, 0) is 11.3 Å². The Hall–Kier alpha value is -1.35. The summed E-state index contributed by atoms with van der Waals surface area (Å²) in [6.45, 7) is 5.32. The quantitative estimate of drug-likeness (QED) is 0.712. The van der Waals surface area contributed by atoms with Gasteiger partial charge in [-0.3, -0.25) is 4.90 Å². The van der Waals surface area contributed by atoms with Crippen molar-refractivity contribution in [3.8, 4) is 5.75 Å². The van der Waals surface area contributed by atoms with E-state index in [1.54, 1.807) is 7.11 Å². The fraction of sp³-hybridized carbons (Fsp3) is 0.462. The molecule has 3 nitrogen and oxygen atoms in total. The number of aldehydes is 1. The molecule has 1 rings (SSSR count). The van der Waals surface area contributed by atoms with Gasteiger partial charge in [-0.05, 0) is 37.6 Å². The molecule has 0 amide bonds. The van der Waals surface area contributed by atoms with E-state index in [1.807, 2.05) is 25.8 Å². The maximum absolute atomic E-state index is 10.4. The standard InChI is InChI=1S/C13H19NO2/c1-10-7-12(9-14(3)5-6-15)8-11(2)13(10)16-4/h6-8H,5,9H2,1-4H3. The average molecular weight is 221 g/mol. The highest BCUT2D eigenvalue weighted by Crippen LogP contribution is 2.24. The number of rotatable bonds is 5. The zero-order valence-electron chi connectivity index (χ0n) is 10.4. The minimum absolute atomic E-state index is 0.462. The summed E-state index contributed by atoms with van der Waals surface area (Å²) >= 11 is 0. The minimum atomic E-state index is 0.462. The van der Waals surface area contributed by atoms with Gasteiger partial charge in [0, 0.05) is 6.54 Å². The van der Waals surface area contributed by atoms with E-state index >= 15 is 0 Å². The van der Waals surface area contributed by atoms with Crippen LogP contribution in [0.5, 0.6) is 5.75 Å². The summed E-state index contributed by atoms with van der Waals surface area (Å²) < 4.78 is 5.31. The summed E-state index contributed by atoms with van der Waals surface area (Å²) in [7, 11) is 3.62. The molecule has 1 aromatic rings. The summed E-state index contributed by atoms with van der Waals surface area (Å²) in [4.78, 5) is 12.4. The van der Waals surface area contributed by atoms with Crippen molar-refractivity contribution in [2.24, 2.45) is 0 Å². The second-order valence-corrected chi connectivity index (χ2v) is 4.13.